The van der Waals surface area contributed by atoms with Gasteiger partial charge >= 0.3 is 6.09 Å². The van der Waals surface area contributed by atoms with Crippen molar-refractivity contribution in [3.63, 3.8) is 0 Å². The molecule has 0 radical (unpaired) electrons. The highest BCUT2D eigenvalue weighted by Gasteiger charge is 2.53. The summed E-state index contributed by atoms with van der Waals surface area (Å²) in [7, 11) is -0.490. The lowest BCUT2D eigenvalue weighted by atomic mass is 10.3. The van der Waals surface area contributed by atoms with Gasteiger partial charge in [0.25, 0.3) is 0 Å². The zero-order chi connectivity index (χ0) is 16.2. The summed E-state index contributed by atoms with van der Waals surface area (Å²) in [6, 6.07) is 5.53. The average Bonchev–Trinajstić information content (AvgIpc) is 3.40. The second-order valence-electron chi connectivity index (χ2n) is 6.28. The maximum Gasteiger partial charge on any atom is 0.409 e. The normalized spacial score (nSPS) is 18.1. The fourth-order valence-electron chi connectivity index (χ4n) is 3.14. The van der Waals surface area contributed by atoms with Crippen LogP contribution in [0.3, 0.4) is 0 Å². The summed E-state index contributed by atoms with van der Waals surface area (Å²) >= 11 is 1.34. The first-order valence-corrected chi connectivity index (χ1v) is 10.4. The molecule has 2 heterocycles. The number of hydrogen-bond acceptors (Lipinski definition) is 4. The standard InChI is InChI=1S/C15H18N3O3PS/c1-18-14(22(21,9-2-3-9)10-4-5-10)8-11(17-18)12-6-7-13(23-12)16-15(19)20/h6-10,16H,2-5H2,1H3,(H,19,20). The Morgan fingerprint density at radius 1 is 1.35 bits per heavy atom. The molecule has 0 atom stereocenters. The Bertz CT molecular complexity index is 804. The minimum Gasteiger partial charge on any atom is -0.465 e. The largest absolute Gasteiger partial charge is 0.465 e. The van der Waals surface area contributed by atoms with Gasteiger partial charge in [0, 0.05) is 18.4 Å². The van der Waals surface area contributed by atoms with Crippen molar-refractivity contribution in [2.45, 2.75) is 37.0 Å². The number of aromatic nitrogens is 2. The third kappa shape index (κ3) is 2.62. The molecule has 122 valence electrons. The predicted octanol–water partition coefficient (Wildman–Crippen LogP) is 3.55. The lowest BCUT2D eigenvalue weighted by Gasteiger charge is -2.17. The van der Waals surface area contributed by atoms with Gasteiger partial charge in [0.05, 0.1) is 15.3 Å². The van der Waals surface area contributed by atoms with E-state index >= 15 is 0 Å². The van der Waals surface area contributed by atoms with E-state index in [1.54, 1.807) is 10.7 Å². The number of carbonyl (C=O) groups is 1. The molecule has 0 aliphatic heterocycles. The first-order valence-electron chi connectivity index (χ1n) is 7.72. The van der Waals surface area contributed by atoms with Gasteiger partial charge in [0.15, 0.2) is 0 Å². The third-order valence-electron chi connectivity index (χ3n) is 4.48. The molecule has 2 aliphatic rings. The second kappa shape index (κ2) is 5.21. The Balaban J connectivity index is 1.68. The van der Waals surface area contributed by atoms with Crippen LogP contribution in [0.1, 0.15) is 25.7 Å². The van der Waals surface area contributed by atoms with Gasteiger partial charge in [-0.15, -0.1) is 11.3 Å². The molecule has 0 unspecified atom stereocenters. The molecule has 2 aromatic rings. The van der Waals surface area contributed by atoms with E-state index in [1.807, 2.05) is 19.2 Å². The van der Waals surface area contributed by atoms with Gasteiger partial charge in [0.2, 0.25) is 0 Å². The molecule has 0 bridgehead atoms. The van der Waals surface area contributed by atoms with E-state index in [2.05, 4.69) is 10.4 Å². The summed E-state index contributed by atoms with van der Waals surface area (Å²) in [6.45, 7) is 0. The maximum atomic E-state index is 13.6. The number of aryl methyl sites for hydroxylation is 1. The SMILES string of the molecule is Cn1nc(-c2ccc(NC(=O)O)s2)cc1P(=O)(C1CC1)C1CC1. The number of carboxylic acid groups (broad SMARTS) is 1. The van der Waals surface area contributed by atoms with Crippen molar-refractivity contribution < 1.29 is 14.5 Å². The fraction of sp³-hybridized carbons (Fsp3) is 0.467. The van der Waals surface area contributed by atoms with Crippen molar-refractivity contribution in [2.24, 2.45) is 7.05 Å². The Kier molecular flexibility index (Phi) is 3.39. The van der Waals surface area contributed by atoms with Gasteiger partial charge in [-0.3, -0.25) is 10.00 Å². The van der Waals surface area contributed by atoms with Crippen LogP contribution in [-0.2, 0) is 11.6 Å². The summed E-state index contributed by atoms with van der Waals surface area (Å²) in [5, 5.41) is 16.2. The summed E-state index contributed by atoms with van der Waals surface area (Å²) in [4.78, 5) is 11.6. The number of nitrogens with one attached hydrogen (secondary N) is 1. The highest BCUT2D eigenvalue weighted by molar-refractivity contribution is 7.73. The van der Waals surface area contributed by atoms with Crippen LogP contribution in [0.25, 0.3) is 10.6 Å². The lowest BCUT2D eigenvalue weighted by Crippen LogP contribution is -2.20. The molecule has 1 amide bonds. The summed E-state index contributed by atoms with van der Waals surface area (Å²) in [6.07, 6.45) is 3.20. The molecule has 0 saturated heterocycles. The summed E-state index contributed by atoms with van der Waals surface area (Å²) in [5.41, 5.74) is 2.36. The zero-order valence-corrected chi connectivity index (χ0v) is 14.4. The van der Waals surface area contributed by atoms with Gasteiger partial charge in [-0.05, 0) is 43.9 Å². The van der Waals surface area contributed by atoms with Crippen molar-refractivity contribution in [2.75, 3.05) is 5.32 Å². The molecule has 8 heteroatoms. The first-order chi connectivity index (χ1) is 11.0. The molecular weight excluding hydrogens is 333 g/mol. The summed E-state index contributed by atoms with van der Waals surface area (Å²) in [5.74, 6) is 0. The number of rotatable bonds is 5. The Labute approximate surface area is 137 Å². The van der Waals surface area contributed by atoms with Crippen LogP contribution in [0.2, 0.25) is 0 Å². The Morgan fingerprint density at radius 2 is 2.00 bits per heavy atom. The molecule has 0 aromatic carbocycles. The predicted molar refractivity (Wildman–Crippen MR) is 91.5 cm³/mol. The number of hydrogen-bond donors (Lipinski definition) is 2. The van der Waals surface area contributed by atoms with Gasteiger partial charge in [-0.1, -0.05) is 0 Å². The fourth-order valence-corrected chi connectivity index (χ4v) is 7.99. The molecule has 0 spiro atoms. The van der Waals surface area contributed by atoms with E-state index in [-0.39, 0.29) is 0 Å². The molecule has 2 N–H and O–H groups in total. The minimum atomic E-state index is -2.35. The Morgan fingerprint density at radius 3 is 2.57 bits per heavy atom. The van der Waals surface area contributed by atoms with E-state index in [0.717, 1.165) is 41.7 Å². The van der Waals surface area contributed by atoms with E-state index in [9.17, 15) is 9.36 Å². The number of anilines is 1. The van der Waals surface area contributed by atoms with Crippen LogP contribution in [-0.4, -0.2) is 32.3 Å². The molecule has 2 aliphatic carbocycles. The molecule has 23 heavy (non-hydrogen) atoms. The molecule has 4 rings (SSSR count). The Hall–Kier alpha value is -1.59. The van der Waals surface area contributed by atoms with E-state index in [4.69, 9.17) is 5.11 Å². The maximum absolute atomic E-state index is 13.6. The molecule has 6 nitrogen and oxygen atoms in total. The van der Waals surface area contributed by atoms with Gasteiger partial charge < -0.3 is 9.67 Å². The van der Waals surface area contributed by atoms with Crippen LogP contribution in [0.4, 0.5) is 9.80 Å². The van der Waals surface area contributed by atoms with Crippen molar-refractivity contribution in [3.8, 4) is 10.6 Å². The third-order valence-corrected chi connectivity index (χ3v) is 9.84. The van der Waals surface area contributed by atoms with Crippen molar-refractivity contribution in [1.29, 1.82) is 0 Å². The zero-order valence-electron chi connectivity index (χ0n) is 12.7. The smallest absolute Gasteiger partial charge is 0.409 e. The molecular formula is C15H18N3O3PS. The molecule has 2 aromatic heterocycles. The number of thiophene rings is 1. The summed E-state index contributed by atoms with van der Waals surface area (Å²) < 4.78 is 15.4. The van der Waals surface area contributed by atoms with Crippen LogP contribution in [0, 0.1) is 0 Å². The van der Waals surface area contributed by atoms with Crippen LogP contribution >= 0.6 is 18.5 Å². The lowest BCUT2D eigenvalue weighted by molar-refractivity contribution is 0.210. The quantitative estimate of drug-likeness (QED) is 0.807. The number of amides is 1. The second-order valence-corrected chi connectivity index (χ2v) is 10.7. The molecule has 2 saturated carbocycles. The minimum absolute atomic E-state index is 0.353. The monoisotopic (exact) mass is 351 g/mol. The average molecular weight is 351 g/mol. The van der Waals surface area contributed by atoms with Gasteiger partial charge in [-0.2, -0.15) is 5.10 Å². The highest BCUT2D eigenvalue weighted by Crippen LogP contribution is 2.69. The first kappa shape index (κ1) is 15.0. The van der Waals surface area contributed by atoms with E-state index < -0.39 is 13.2 Å². The van der Waals surface area contributed by atoms with Crippen molar-refractivity contribution in [3.05, 3.63) is 18.2 Å². The van der Waals surface area contributed by atoms with Crippen LogP contribution < -0.4 is 10.8 Å². The topological polar surface area (TPSA) is 84.2 Å². The highest BCUT2D eigenvalue weighted by atomic mass is 32.1. The van der Waals surface area contributed by atoms with Crippen LogP contribution in [0.15, 0.2) is 18.2 Å². The van der Waals surface area contributed by atoms with Crippen molar-refractivity contribution in [1.82, 2.24) is 9.78 Å². The number of nitrogens with zero attached hydrogens (tertiary/aromatic N) is 2. The van der Waals surface area contributed by atoms with Crippen molar-refractivity contribution >= 4 is 35.0 Å². The van der Waals surface area contributed by atoms with Gasteiger partial charge in [-0.25, -0.2) is 4.79 Å². The molecule has 2 fully saturated rings. The van der Waals surface area contributed by atoms with E-state index in [1.165, 1.54) is 11.3 Å². The van der Waals surface area contributed by atoms with E-state index in [0.29, 0.717) is 16.3 Å². The van der Waals surface area contributed by atoms with Gasteiger partial charge in [0.1, 0.15) is 12.8 Å². The van der Waals surface area contributed by atoms with Crippen LogP contribution in [0.5, 0.6) is 0 Å².